The van der Waals surface area contributed by atoms with Crippen molar-refractivity contribution in [2.24, 2.45) is 5.73 Å². The molecule has 3 N–H and O–H groups in total. The third kappa shape index (κ3) is 2.56. The third-order valence-corrected chi connectivity index (χ3v) is 3.21. The fourth-order valence-corrected chi connectivity index (χ4v) is 2.39. The van der Waals surface area contributed by atoms with E-state index in [-0.39, 0.29) is 0 Å². The van der Waals surface area contributed by atoms with E-state index in [4.69, 9.17) is 10.8 Å². The van der Waals surface area contributed by atoms with Gasteiger partial charge >= 0.3 is 0 Å². The lowest BCUT2D eigenvalue weighted by atomic mass is 9.89. The summed E-state index contributed by atoms with van der Waals surface area (Å²) in [6, 6.07) is 6.74. The zero-order valence-electron chi connectivity index (χ0n) is 8.33. The molecule has 1 unspecified atom stereocenters. The van der Waals surface area contributed by atoms with Gasteiger partial charge < -0.3 is 10.8 Å². The third-order valence-electron chi connectivity index (χ3n) is 2.46. The van der Waals surface area contributed by atoms with E-state index in [0.29, 0.717) is 6.04 Å². The lowest BCUT2D eigenvalue weighted by molar-refractivity contribution is 0.399. The van der Waals surface area contributed by atoms with Crippen LogP contribution in [0.2, 0.25) is 0 Å². The summed E-state index contributed by atoms with van der Waals surface area (Å²) in [4.78, 5) is 0. The van der Waals surface area contributed by atoms with Crippen LogP contribution in [0.4, 0.5) is 0 Å². The second-order valence-electron chi connectivity index (χ2n) is 3.38. The molecule has 0 saturated heterocycles. The van der Waals surface area contributed by atoms with E-state index in [1.54, 1.807) is 0 Å². The van der Waals surface area contributed by atoms with E-state index in [2.05, 4.69) is 34.1 Å². The zero-order chi connectivity index (χ0) is 10.6. The molecule has 0 saturated carbocycles. The van der Waals surface area contributed by atoms with Crippen molar-refractivity contribution in [3.63, 3.8) is 0 Å². The SMILES string of the molecule is CO.NC1CCc2c(Br)cccc2C1. The fraction of sp³-hybridized carbons (Fsp3) is 0.455. The summed E-state index contributed by atoms with van der Waals surface area (Å²) in [5.41, 5.74) is 8.76. The molecule has 0 bridgehead atoms. The summed E-state index contributed by atoms with van der Waals surface area (Å²) in [6.07, 6.45) is 3.28. The molecule has 2 nitrogen and oxygen atoms in total. The van der Waals surface area contributed by atoms with E-state index >= 15 is 0 Å². The first-order valence-electron chi connectivity index (χ1n) is 4.74. The molecule has 2 rings (SSSR count). The first-order chi connectivity index (χ1) is 6.77. The monoisotopic (exact) mass is 257 g/mol. The molecule has 0 fully saturated rings. The van der Waals surface area contributed by atoms with Crippen LogP contribution in [0.25, 0.3) is 0 Å². The van der Waals surface area contributed by atoms with Crippen LogP contribution in [-0.2, 0) is 12.8 Å². The van der Waals surface area contributed by atoms with Gasteiger partial charge in [-0.2, -0.15) is 0 Å². The average Bonchev–Trinajstić information content (AvgIpc) is 2.21. The van der Waals surface area contributed by atoms with Gasteiger partial charge in [0.25, 0.3) is 0 Å². The Labute approximate surface area is 93.3 Å². The maximum Gasteiger partial charge on any atom is 0.0319 e. The van der Waals surface area contributed by atoms with Crippen LogP contribution >= 0.6 is 15.9 Å². The van der Waals surface area contributed by atoms with Crippen LogP contribution in [-0.4, -0.2) is 18.3 Å². The van der Waals surface area contributed by atoms with Crippen molar-refractivity contribution in [3.8, 4) is 0 Å². The standard InChI is InChI=1S/C10H12BrN.CH4O/c11-10-3-1-2-7-6-8(12)4-5-9(7)10;1-2/h1-3,8H,4-6,12H2;2H,1H3. The number of aliphatic hydroxyl groups is 1. The molecule has 0 spiro atoms. The number of rotatable bonds is 0. The molecule has 14 heavy (non-hydrogen) atoms. The van der Waals surface area contributed by atoms with Gasteiger partial charge in [-0.1, -0.05) is 28.1 Å². The fourth-order valence-electron chi connectivity index (χ4n) is 1.79. The van der Waals surface area contributed by atoms with Crippen molar-refractivity contribution in [2.45, 2.75) is 25.3 Å². The molecule has 0 amide bonds. The molecule has 1 aliphatic rings. The quantitative estimate of drug-likeness (QED) is 0.746. The van der Waals surface area contributed by atoms with Crippen molar-refractivity contribution in [1.82, 2.24) is 0 Å². The Morgan fingerprint density at radius 3 is 2.86 bits per heavy atom. The number of nitrogens with two attached hydrogens (primary N) is 1. The summed E-state index contributed by atoms with van der Waals surface area (Å²) in [6.45, 7) is 0. The van der Waals surface area contributed by atoms with Crippen LogP contribution in [0.15, 0.2) is 22.7 Å². The molecular formula is C11H16BrNO. The molecule has 0 aromatic heterocycles. The normalized spacial score (nSPS) is 19.3. The van der Waals surface area contributed by atoms with Gasteiger partial charge in [0.1, 0.15) is 0 Å². The largest absolute Gasteiger partial charge is 0.400 e. The van der Waals surface area contributed by atoms with E-state index in [1.807, 2.05) is 0 Å². The van der Waals surface area contributed by atoms with Gasteiger partial charge in [-0.3, -0.25) is 0 Å². The van der Waals surface area contributed by atoms with Crippen LogP contribution < -0.4 is 5.73 Å². The van der Waals surface area contributed by atoms with E-state index < -0.39 is 0 Å². The molecule has 1 atom stereocenters. The second kappa shape index (κ2) is 5.49. The number of benzene rings is 1. The molecule has 0 heterocycles. The summed E-state index contributed by atoms with van der Waals surface area (Å²) >= 11 is 3.56. The van der Waals surface area contributed by atoms with Crippen LogP contribution in [0.1, 0.15) is 17.5 Å². The maximum absolute atomic E-state index is 7.00. The van der Waals surface area contributed by atoms with Crippen molar-refractivity contribution in [2.75, 3.05) is 7.11 Å². The van der Waals surface area contributed by atoms with Crippen molar-refractivity contribution in [1.29, 1.82) is 0 Å². The van der Waals surface area contributed by atoms with Crippen molar-refractivity contribution in [3.05, 3.63) is 33.8 Å². The van der Waals surface area contributed by atoms with Crippen LogP contribution in [0, 0.1) is 0 Å². The van der Waals surface area contributed by atoms with E-state index in [9.17, 15) is 0 Å². The Kier molecular flexibility index (Phi) is 4.58. The molecule has 1 aliphatic carbocycles. The minimum atomic E-state index is 0.367. The Morgan fingerprint density at radius 1 is 1.43 bits per heavy atom. The van der Waals surface area contributed by atoms with Gasteiger partial charge in [0.05, 0.1) is 0 Å². The first-order valence-corrected chi connectivity index (χ1v) is 5.53. The highest BCUT2D eigenvalue weighted by atomic mass is 79.9. The van der Waals surface area contributed by atoms with E-state index in [1.165, 1.54) is 15.6 Å². The summed E-state index contributed by atoms with van der Waals surface area (Å²) in [5, 5.41) is 7.00. The lowest BCUT2D eigenvalue weighted by Crippen LogP contribution is -2.27. The highest BCUT2D eigenvalue weighted by Crippen LogP contribution is 2.27. The van der Waals surface area contributed by atoms with Crippen LogP contribution in [0.3, 0.4) is 0 Å². The molecule has 1 aromatic rings. The summed E-state index contributed by atoms with van der Waals surface area (Å²) in [7, 11) is 1.00. The van der Waals surface area contributed by atoms with Crippen LogP contribution in [0.5, 0.6) is 0 Å². The number of hydrogen-bond donors (Lipinski definition) is 2. The summed E-state index contributed by atoms with van der Waals surface area (Å²) < 4.78 is 1.24. The molecule has 3 heteroatoms. The molecule has 0 aliphatic heterocycles. The highest BCUT2D eigenvalue weighted by molar-refractivity contribution is 9.10. The smallest absolute Gasteiger partial charge is 0.0319 e. The summed E-state index contributed by atoms with van der Waals surface area (Å²) in [5.74, 6) is 0. The average molecular weight is 258 g/mol. The van der Waals surface area contributed by atoms with Gasteiger partial charge in [-0.15, -0.1) is 0 Å². The minimum absolute atomic E-state index is 0.367. The number of fused-ring (bicyclic) bond motifs is 1. The van der Waals surface area contributed by atoms with Gasteiger partial charge in [0, 0.05) is 17.6 Å². The second-order valence-corrected chi connectivity index (χ2v) is 4.23. The van der Waals surface area contributed by atoms with Gasteiger partial charge in [0.2, 0.25) is 0 Å². The minimum Gasteiger partial charge on any atom is -0.400 e. The number of hydrogen-bond acceptors (Lipinski definition) is 2. The number of halogens is 1. The molecular weight excluding hydrogens is 242 g/mol. The Hall–Kier alpha value is -0.380. The van der Waals surface area contributed by atoms with Crippen molar-refractivity contribution >= 4 is 15.9 Å². The van der Waals surface area contributed by atoms with Crippen molar-refractivity contribution < 1.29 is 5.11 Å². The van der Waals surface area contributed by atoms with E-state index in [0.717, 1.165) is 26.4 Å². The lowest BCUT2D eigenvalue weighted by Gasteiger charge is -2.22. The van der Waals surface area contributed by atoms with Gasteiger partial charge in [-0.25, -0.2) is 0 Å². The maximum atomic E-state index is 7.00. The Bertz CT molecular complexity index is 301. The molecule has 1 aromatic carbocycles. The predicted molar refractivity (Wildman–Crippen MR) is 62.3 cm³/mol. The number of aliphatic hydroxyl groups excluding tert-OH is 1. The first kappa shape index (κ1) is 11.7. The Morgan fingerprint density at radius 2 is 2.14 bits per heavy atom. The zero-order valence-corrected chi connectivity index (χ0v) is 9.92. The Balaban J connectivity index is 0.000000461. The highest BCUT2D eigenvalue weighted by Gasteiger charge is 2.16. The predicted octanol–water partition coefficient (Wildman–Crippen LogP) is 1.87. The van der Waals surface area contributed by atoms with Gasteiger partial charge in [0.15, 0.2) is 0 Å². The molecule has 78 valence electrons. The topological polar surface area (TPSA) is 46.2 Å². The molecule has 0 radical (unpaired) electrons. The van der Waals surface area contributed by atoms with Gasteiger partial charge in [-0.05, 0) is 36.5 Å².